The first kappa shape index (κ1) is 70.1. The number of ether oxygens (including phenoxy) is 7. The summed E-state index contributed by atoms with van der Waals surface area (Å²) in [6, 6.07) is 0. The van der Waals surface area contributed by atoms with E-state index >= 15 is 0 Å². The number of hydrogen-bond acceptors (Lipinski definition) is 18. The van der Waals surface area contributed by atoms with Gasteiger partial charge in [-0.2, -0.15) is 0 Å². The third-order valence-corrected chi connectivity index (χ3v) is 19.0. The molecule has 0 aliphatic carbocycles. The monoisotopic (exact) mass is 1100 g/mol. The fourth-order valence-electron chi connectivity index (χ4n) is 8.80. The topological polar surface area (TPSA) is 257 Å². The molecule has 436 valence electrons. The first-order valence-corrected chi connectivity index (χ1v) is 29.9. The number of allylic oxidation sites excluding steroid dienone is 2. The van der Waals surface area contributed by atoms with E-state index < -0.39 is 97.8 Å². The summed E-state index contributed by atoms with van der Waals surface area (Å²) in [6.07, 6.45) is 13.6. The second-order valence-corrected chi connectivity index (χ2v) is 27.3. The SMILES string of the molecule is CCCCCCCC(=O)O[C@H]1/C(=C/C(=O)OC)C[C@@H](CC(O)CO)O[C@@]1(OC)C(C)(C)/C=C/C=O.CCCCCCCC(=O)O[C@H]1/C(=C/C(=O)OC)C[C@@H](CC(O)CO[Si](C)(C)C(C)(C)C)O[C@@]1(O)C(C)(C)/C=C/C=O. The van der Waals surface area contributed by atoms with Gasteiger partial charge in [0.25, 0.3) is 0 Å². The van der Waals surface area contributed by atoms with Crippen molar-refractivity contribution in [2.24, 2.45) is 10.8 Å². The molecule has 0 aromatic heterocycles. The van der Waals surface area contributed by atoms with Crippen LogP contribution >= 0.6 is 0 Å². The highest BCUT2D eigenvalue weighted by Gasteiger charge is 2.60. The number of hydrogen-bond donors (Lipinski definition) is 4. The van der Waals surface area contributed by atoms with Crippen molar-refractivity contribution >= 4 is 44.8 Å². The Bertz CT molecular complexity index is 1930. The summed E-state index contributed by atoms with van der Waals surface area (Å²) in [5, 5.41) is 42.4. The van der Waals surface area contributed by atoms with E-state index in [-0.39, 0.29) is 50.2 Å². The van der Waals surface area contributed by atoms with Crippen LogP contribution in [0.3, 0.4) is 0 Å². The summed E-state index contributed by atoms with van der Waals surface area (Å²) in [7, 11) is 1.75. The zero-order chi connectivity index (χ0) is 58.0. The minimum atomic E-state index is -2.16. The molecule has 2 aliphatic rings. The minimum absolute atomic E-state index is 0.0349. The van der Waals surface area contributed by atoms with Crippen LogP contribution in [0.4, 0.5) is 0 Å². The Hall–Kier alpha value is -3.92. The highest BCUT2D eigenvalue weighted by atomic mass is 28.4. The van der Waals surface area contributed by atoms with Crippen molar-refractivity contribution in [2.45, 2.75) is 231 Å². The maximum Gasteiger partial charge on any atom is 0.330 e. The number of aldehydes is 2. The average Bonchev–Trinajstić information content (AvgIpc) is 3.35. The van der Waals surface area contributed by atoms with Crippen LogP contribution < -0.4 is 0 Å². The third kappa shape index (κ3) is 21.7. The summed E-state index contributed by atoms with van der Waals surface area (Å²) in [6.45, 7) is 21.2. The Morgan fingerprint density at radius 3 is 1.54 bits per heavy atom. The number of rotatable bonds is 31. The predicted octanol–water partition coefficient (Wildman–Crippen LogP) is 8.40. The van der Waals surface area contributed by atoms with E-state index in [1.54, 1.807) is 33.8 Å². The van der Waals surface area contributed by atoms with Gasteiger partial charge in [0.1, 0.15) is 12.6 Å². The zero-order valence-corrected chi connectivity index (χ0v) is 49.3. The Kier molecular flexibility index (Phi) is 30.9. The predicted molar refractivity (Wildman–Crippen MR) is 290 cm³/mol. The van der Waals surface area contributed by atoms with E-state index in [9.17, 15) is 49.2 Å². The lowest BCUT2D eigenvalue weighted by Crippen LogP contribution is -2.63. The molecule has 0 bridgehead atoms. The Balaban J connectivity index is 0.000000770. The molecule has 0 radical (unpaired) electrons. The standard InChI is InChI=1S/C31H54O9Si.C26H42O9/c1-10-11-12-13-14-16-26(34)39-28-23(20-27(35)37-7)19-25(40-31(28,36)30(5,6)17-15-18-32)21-24(33)22-38-41(8,9)29(2,3)4;1-6-7-8-9-10-12-22(30)34-24-19(16-23(31)32-4)15-21(17-20(29)18-28)35-26(24,33-5)25(2,3)13-11-14-27/h15,17-18,20,24-25,28,33,36H,10-14,16,19,21-22H2,1-9H3;11,13-14,16,20-21,24,28-29H,6-10,12,15,17-18H2,1-5H3/b17-15+,23-20+;13-11+,19-16+/t24?,25-,28-,31+;20?,21-,24-,26+/m00/s1. The van der Waals surface area contributed by atoms with E-state index in [4.69, 9.17) is 37.6 Å². The molecule has 8 atom stereocenters. The van der Waals surface area contributed by atoms with Gasteiger partial charge in [-0.1, -0.05) is 126 Å². The van der Waals surface area contributed by atoms with Crippen molar-refractivity contribution in [3.63, 3.8) is 0 Å². The Morgan fingerprint density at radius 1 is 0.671 bits per heavy atom. The molecule has 19 heteroatoms. The third-order valence-electron chi connectivity index (χ3n) is 14.5. The molecule has 76 heavy (non-hydrogen) atoms. The highest BCUT2D eigenvalue weighted by molar-refractivity contribution is 6.74. The lowest BCUT2D eigenvalue weighted by molar-refractivity contribution is -0.338. The molecular weight excluding hydrogens is 1000 g/mol. The normalized spacial score (nSPS) is 24.4. The molecule has 18 nitrogen and oxygen atoms in total. The molecule has 4 N–H and O–H groups in total. The molecule has 0 amide bonds. The van der Waals surface area contributed by atoms with Gasteiger partial charge < -0.3 is 58.0 Å². The number of aliphatic hydroxyl groups excluding tert-OH is 3. The second kappa shape index (κ2) is 33.5. The zero-order valence-electron chi connectivity index (χ0n) is 48.3. The first-order valence-electron chi connectivity index (χ1n) is 27.0. The minimum Gasteiger partial charge on any atom is -0.466 e. The summed E-state index contributed by atoms with van der Waals surface area (Å²) >= 11 is 0. The summed E-state index contributed by atoms with van der Waals surface area (Å²) in [5.41, 5.74) is -1.56. The molecule has 2 rings (SSSR count). The molecule has 2 unspecified atom stereocenters. The van der Waals surface area contributed by atoms with E-state index in [0.717, 1.165) is 51.4 Å². The number of methoxy groups -OCH3 is 3. The van der Waals surface area contributed by atoms with Crippen molar-refractivity contribution in [2.75, 3.05) is 34.5 Å². The Morgan fingerprint density at radius 2 is 1.11 bits per heavy atom. The highest BCUT2D eigenvalue weighted by Crippen LogP contribution is 2.49. The van der Waals surface area contributed by atoms with E-state index in [1.807, 2.05) is 0 Å². The molecule has 0 spiro atoms. The summed E-state index contributed by atoms with van der Waals surface area (Å²) in [4.78, 5) is 72.6. The molecule has 0 saturated carbocycles. The van der Waals surface area contributed by atoms with Crippen LogP contribution in [0.2, 0.25) is 18.1 Å². The fraction of sp³-hybridized carbons (Fsp3) is 0.754. The lowest BCUT2D eigenvalue weighted by Gasteiger charge is -2.53. The molecule has 2 saturated heterocycles. The average molecular weight is 1100 g/mol. The maximum absolute atomic E-state index is 12.9. The van der Waals surface area contributed by atoms with Crippen molar-refractivity contribution in [1.82, 2.24) is 0 Å². The second-order valence-electron chi connectivity index (χ2n) is 22.5. The van der Waals surface area contributed by atoms with Gasteiger partial charge in [-0.25, -0.2) is 9.59 Å². The number of aliphatic hydroxyl groups is 4. The summed E-state index contributed by atoms with van der Waals surface area (Å²) < 4.78 is 46.1. The molecule has 2 aliphatic heterocycles. The van der Waals surface area contributed by atoms with E-state index in [2.05, 4.69) is 47.7 Å². The van der Waals surface area contributed by atoms with Crippen LogP contribution in [-0.4, -0.2) is 148 Å². The molecular formula is C57H96O18Si. The van der Waals surface area contributed by atoms with Gasteiger partial charge in [-0.3, -0.25) is 19.2 Å². The molecule has 2 fully saturated rings. The fourth-order valence-corrected chi connectivity index (χ4v) is 9.84. The van der Waals surface area contributed by atoms with Gasteiger partial charge in [0.05, 0.1) is 51.8 Å². The quantitative estimate of drug-likeness (QED) is 0.0127. The summed E-state index contributed by atoms with van der Waals surface area (Å²) in [5.74, 6) is -6.10. The van der Waals surface area contributed by atoms with Crippen molar-refractivity contribution in [3.8, 4) is 0 Å². The molecule has 2 heterocycles. The van der Waals surface area contributed by atoms with Crippen molar-refractivity contribution < 1.29 is 86.8 Å². The van der Waals surface area contributed by atoms with Gasteiger partial charge in [-0.15, -0.1) is 0 Å². The van der Waals surface area contributed by atoms with Gasteiger partial charge in [-0.05, 0) is 67.1 Å². The molecule has 0 aromatic rings. The van der Waals surface area contributed by atoms with Gasteiger partial charge in [0, 0.05) is 55.8 Å². The largest absolute Gasteiger partial charge is 0.466 e. The van der Waals surface area contributed by atoms with E-state index in [0.29, 0.717) is 36.6 Å². The van der Waals surface area contributed by atoms with Crippen molar-refractivity contribution in [1.29, 1.82) is 0 Å². The molecule has 0 aromatic carbocycles. The van der Waals surface area contributed by atoms with E-state index in [1.165, 1.54) is 51.7 Å². The van der Waals surface area contributed by atoms with Crippen LogP contribution in [0.1, 0.15) is 165 Å². The van der Waals surface area contributed by atoms with Crippen LogP contribution in [0.5, 0.6) is 0 Å². The van der Waals surface area contributed by atoms with Crippen LogP contribution in [0.25, 0.3) is 0 Å². The van der Waals surface area contributed by atoms with Gasteiger partial charge in [0.2, 0.25) is 11.6 Å². The number of carbonyl (C=O) groups excluding carboxylic acids is 6. The van der Waals surface area contributed by atoms with Crippen molar-refractivity contribution in [3.05, 3.63) is 47.6 Å². The maximum atomic E-state index is 12.9. The Labute approximate surface area is 454 Å². The van der Waals surface area contributed by atoms with Crippen LogP contribution in [-0.2, 0) is 66.4 Å². The smallest absolute Gasteiger partial charge is 0.330 e. The first-order chi connectivity index (χ1) is 35.5. The number of carbonyl (C=O) groups is 6. The lowest BCUT2D eigenvalue weighted by atomic mass is 9.74. The number of esters is 4. The van der Waals surface area contributed by atoms with Crippen LogP contribution in [0.15, 0.2) is 47.6 Å². The van der Waals surface area contributed by atoms with Crippen LogP contribution in [0, 0.1) is 10.8 Å². The van der Waals surface area contributed by atoms with Gasteiger partial charge >= 0.3 is 23.9 Å². The van der Waals surface area contributed by atoms with Gasteiger partial charge in [0.15, 0.2) is 20.5 Å². The number of unbranched alkanes of at least 4 members (excludes halogenated alkanes) is 8.